The largest absolute Gasteiger partial charge is 0.380 e. The van der Waals surface area contributed by atoms with E-state index >= 15 is 0 Å². The van der Waals surface area contributed by atoms with Gasteiger partial charge in [-0.15, -0.1) is 0 Å². The van der Waals surface area contributed by atoms with Gasteiger partial charge in [0, 0.05) is 45.6 Å². The van der Waals surface area contributed by atoms with Gasteiger partial charge >= 0.3 is 0 Å². The summed E-state index contributed by atoms with van der Waals surface area (Å²) in [6, 6.07) is 41.9. The van der Waals surface area contributed by atoms with Crippen LogP contribution in [0.2, 0.25) is 10.0 Å². The number of anilines is 2. The minimum Gasteiger partial charge on any atom is -0.380 e. The maximum Gasteiger partial charge on any atom is 0.0430 e. The van der Waals surface area contributed by atoms with Crippen molar-refractivity contribution in [3.63, 3.8) is 0 Å². The fraction of sp³-hybridized carbons (Fsp3) is 0.0588. The van der Waals surface area contributed by atoms with Gasteiger partial charge < -0.3 is 10.6 Å². The van der Waals surface area contributed by atoms with Crippen LogP contribution in [0.25, 0.3) is 32.7 Å². The van der Waals surface area contributed by atoms with Gasteiger partial charge in [0.25, 0.3) is 0 Å². The Balaban J connectivity index is 1.50. The first-order chi connectivity index (χ1) is 18.7. The zero-order chi connectivity index (χ0) is 25.9. The predicted octanol–water partition coefficient (Wildman–Crippen LogP) is 10.2. The van der Waals surface area contributed by atoms with Crippen molar-refractivity contribution in [2.75, 3.05) is 10.6 Å². The second-order valence-electron chi connectivity index (χ2n) is 9.38. The molecule has 0 saturated carbocycles. The van der Waals surface area contributed by atoms with Gasteiger partial charge in [0.05, 0.1) is 0 Å². The molecule has 0 saturated heterocycles. The smallest absolute Gasteiger partial charge is 0.0430 e. The molecule has 0 bridgehead atoms. The first kappa shape index (κ1) is 24.4. The Bertz CT molecular complexity index is 1590. The molecule has 0 aromatic heterocycles. The van der Waals surface area contributed by atoms with E-state index in [2.05, 4.69) is 108 Å². The molecule has 186 valence electrons. The normalized spacial score (nSPS) is 11.1. The van der Waals surface area contributed by atoms with E-state index in [1.807, 2.05) is 24.3 Å². The molecule has 38 heavy (non-hydrogen) atoms. The number of hydrogen-bond donors (Lipinski definition) is 2. The Kier molecular flexibility index (Phi) is 6.92. The molecule has 2 nitrogen and oxygen atoms in total. The summed E-state index contributed by atoms with van der Waals surface area (Å²) in [5.41, 5.74) is 6.90. The summed E-state index contributed by atoms with van der Waals surface area (Å²) < 4.78 is 0. The topological polar surface area (TPSA) is 24.1 Å². The molecular formula is C34H26Cl2N2. The third-order valence-electron chi connectivity index (χ3n) is 6.90. The minimum absolute atomic E-state index is 0.695. The zero-order valence-electron chi connectivity index (χ0n) is 20.7. The molecule has 0 aliphatic carbocycles. The third-order valence-corrected chi connectivity index (χ3v) is 7.40. The van der Waals surface area contributed by atoms with Crippen molar-refractivity contribution in [3.8, 4) is 11.1 Å². The SMILES string of the molecule is Clc1ccc(CNc2ccc3ccccc3c2-c2c(NCc3ccc(Cl)cc3)ccc3ccccc23)cc1. The van der Waals surface area contributed by atoms with Gasteiger partial charge in [-0.3, -0.25) is 0 Å². The summed E-state index contributed by atoms with van der Waals surface area (Å²) >= 11 is 12.2. The summed E-state index contributed by atoms with van der Waals surface area (Å²) in [4.78, 5) is 0. The van der Waals surface area contributed by atoms with Crippen LogP contribution in [0.1, 0.15) is 11.1 Å². The maximum atomic E-state index is 6.12. The first-order valence-electron chi connectivity index (χ1n) is 12.7. The van der Waals surface area contributed by atoms with Crippen LogP contribution in [0.3, 0.4) is 0 Å². The molecular weight excluding hydrogens is 507 g/mol. The van der Waals surface area contributed by atoms with Gasteiger partial charge in [-0.25, -0.2) is 0 Å². The fourth-order valence-corrected chi connectivity index (χ4v) is 5.23. The molecule has 6 aromatic rings. The number of hydrogen-bond acceptors (Lipinski definition) is 2. The van der Waals surface area contributed by atoms with Crippen molar-refractivity contribution < 1.29 is 0 Å². The molecule has 0 fully saturated rings. The Labute approximate surface area is 232 Å². The van der Waals surface area contributed by atoms with Gasteiger partial charge in [0.2, 0.25) is 0 Å². The van der Waals surface area contributed by atoms with E-state index in [4.69, 9.17) is 23.2 Å². The number of nitrogens with one attached hydrogen (secondary N) is 2. The molecule has 0 aliphatic rings. The summed E-state index contributed by atoms with van der Waals surface area (Å²) in [5.74, 6) is 0. The van der Waals surface area contributed by atoms with Crippen molar-refractivity contribution in [3.05, 3.63) is 142 Å². The lowest BCUT2D eigenvalue weighted by molar-refractivity contribution is 1.15. The van der Waals surface area contributed by atoms with Crippen LogP contribution in [-0.4, -0.2) is 0 Å². The van der Waals surface area contributed by atoms with Crippen LogP contribution < -0.4 is 10.6 Å². The highest BCUT2D eigenvalue weighted by Gasteiger charge is 2.17. The average Bonchev–Trinajstić information content (AvgIpc) is 2.96. The Hall–Kier alpha value is -3.98. The number of halogens is 2. The van der Waals surface area contributed by atoms with Crippen LogP contribution >= 0.6 is 23.2 Å². The number of rotatable bonds is 7. The van der Waals surface area contributed by atoms with Gasteiger partial charge in [0.1, 0.15) is 0 Å². The highest BCUT2D eigenvalue weighted by molar-refractivity contribution is 6.30. The van der Waals surface area contributed by atoms with Gasteiger partial charge in [-0.05, 0) is 69.1 Å². The summed E-state index contributed by atoms with van der Waals surface area (Å²) in [6.07, 6.45) is 0. The van der Waals surface area contributed by atoms with Crippen molar-refractivity contribution in [1.29, 1.82) is 0 Å². The van der Waals surface area contributed by atoms with E-state index in [9.17, 15) is 0 Å². The van der Waals surface area contributed by atoms with Crippen molar-refractivity contribution in [1.82, 2.24) is 0 Å². The van der Waals surface area contributed by atoms with Crippen LogP contribution in [0.4, 0.5) is 11.4 Å². The zero-order valence-corrected chi connectivity index (χ0v) is 22.2. The number of fused-ring (bicyclic) bond motifs is 2. The van der Waals surface area contributed by atoms with Crippen LogP contribution in [-0.2, 0) is 13.1 Å². The summed E-state index contributed by atoms with van der Waals surface area (Å²) in [5, 5.41) is 13.8. The molecule has 0 spiro atoms. The van der Waals surface area contributed by atoms with Crippen molar-refractivity contribution in [2.45, 2.75) is 13.1 Å². The number of benzene rings is 6. The van der Waals surface area contributed by atoms with Crippen LogP contribution in [0, 0.1) is 0 Å². The molecule has 6 aromatic carbocycles. The summed E-state index contributed by atoms with van der Waals surface area (Å²) in [6.45, 7) is 1.39. The monoisotopic (exact) mass is 532 g/mol. The molecule has 2 N–H and O–H groups in total. The predicted molar refractivity (Wildman–Crippen MR) is 164 cm³/mol. The Morgan fingerprint density at radius 2 is 0.816 bits per heavy atom. The van der Waals surface area contributed by atoms with E-state index < -0.39 is 0 Å². The average molecular weight is 534 g/mol. The van der Waals surface area contributed by atoms with E-state index in [1.54, 1.807) is 0 Å². The lowest BCUT2D eigenvalue weighted by atomic mass is 9.90. The highest BCUT2D eigenvalue weighted by atomic mass is 35.5. The van der Waals surface area contributed by atoms with Crippen molar-refractivity contribution in [2.24, 2.45) is 0 Å². The Morgan fingerprint density at radius 1 is 0.421 bits per heavy atom. The van der Waals surface area contributed by atoms with E-state index in [-0.39, 0.29) is 0 Å². The Morgan fingerprint density at radius 3 is 1.24 bits per heavy atom. The maximum absolute atomic E-state index is 6.12. The molecule has 0 amide bonds. The highest BCUT2D eigenvalue weighted by Crippen LogP contribution is 2.43. The molecule has 0 heterocycles. The van der Waals surface area contributed by atoms with Gasteiger partial charge in [-0.2, -0.15) is 0 Å². The second kappa shape index (κ2) is 10.8. The van der Waals surface area contributed by atoms with Gasteiger partial charge in [0.15, 0.2) is 0 Å². The van der Waals surface area contributed by atoms with Crippen LogP contribution in [0.5, 0.6) is 0 Å². The molecule has 6 rings (SSSR count). The second-order valence-corrected chi connectivity index (χ2v) is 10.3. The first-order valence-corrected chi connectivity index (χ1v) is 13.4. The fourth-order valence-electron chi connectivity index (χ4n) is 4.98. The van der Waals surface area contributed by atoms with E-state index in [1.165, 1.54) is 43.8 Å². The quantitative estimate of drug-likeness (QED) is 0.213. The van der Waals surface area contributed by atoms with Gasteiger partial charge in [-0.1, -0.05) is 108 Å². The molecule has 0 atom stereocenters. The molecule has 4 heteroatoms. The standard InChI is InChI=1S/C34H26Cl2N2/c35-27-15-9-23(10-16-27)21-37-31-19-13-25-5-1-3-7-29(25)33(31)34-30-8-4-2-6-26(30)14-20-32(34)38-22-24-11-17-28(36)18-12-24/h1-20,37-38H,21-22H2. The molecule has 0 radical (unpaired) electrons. The van der Waals surface area contributed by atoms with Crippen molar-refractivity contribution >= 4 is 56.1 Å². The molecule has 0 aliphatic heterocycles. The third kappa shape index (κ3) is 5.06. The van der Waals surface area contributed by atoms with E-state index in [0.717, 1.165) is 21.4 Å². The van der Waals surface area contributed by atoms with E-state index in [0.29, 0.717) is 13.1 Å². The lowest BCUT2D eigenvalue weighted by Crippen LogP contribution is -2.05. The van der Waals surface area contributed by atoms with Crippen LogP contribution in [0.15, 0.2) is 121 Å². The summed E-state index contributed by atoms with van der Waals surface area (Å²) in [7, 11) is 0. The lowest BCUT2D eigenvalue weighted by Gasteiger charge is -2.21. The minimum atomic E-state index is 0.695. The molecule has 0 unspecified atom stereocenters.